The van der Waals surface area contributed by atoms with Crippen LogP contribution in [0.2, 0.25) is 0 Å². The number of rotatable bonds is 6. The second kappa shape index (κ2) is 13.0. The highest BCUT2D eigenvalue weighted by Gasteiger charge is 2.40. The van der Waals surface area contributed by atoms with E-state index in [0.29, 0.717) is 5.92 Å². The van der Waals surface area contributed by atoms with Crippen molar-refractivity contribution in [3.8, 4) is 22.3 Å². The van der Waals surface area contributed by atoms with E-state index in [1.165, 1.54) is 141 Å². The Labute approximate surface area is 327 Å². The van der Waals surface area contributed by atoms with Crippen molar-refractivity contribution in [3.63, 3.8) is 0 Å². The second-order valence-corrected chi connectivity index (χ2v) is 17.9. The van der Waals surface area contributed by atoms with Gasteiger partial charge in [0.25, 0.3) is 0 Å². The van der Waals surface area contributed by atoms with Crippen LogP contribution in [0.3, 0.4) is 0 Å². The summed E-state index contributed by atoms with van der Waals surface area (Å²) in [4.78, 5) is 2.56. The predicted octanol–water partition coefficient (Wildman–Crippen LogP) is 15.4. The first-order chi connectivity index (χ1) is 27.0. The maximum Gasteiger partial charge on any atom is 0.0471 e. The molecule has 3 fully saturated rings. The third-order valence-electron chi connectivity index (χ3n) is 14.5. The lowest BCUT2D eigenvalue weighted by atomic mass is 9.81. The number of fused-ring (bicyclic) bond motifs is 7. The summed E-state index contributed by atoms with van der Waals surface area (Å²) in [5.74, 6) is 3.21. The van der Waals surface area contributed by atoms with Gasteiger partial charge in [-0.1, -0.05) is 143 Å². The average Bonchev–Trinajstić information content (AvgIpc) is 3.94. The normalized spacial score (nSPS) is 21.2. The van der Waals surface area contributed by atoms with Crippen molar-refractivity contribution in [2.75, 3.05) is 4.90 Å². The number of benzene rings is 7. The molecule has 3 saturated carbocycles. The Morgan fingerprint density at radius 2 is 1.24 bits per heavy atom. The molecule has 3 unspecified atom stereocenters. The standard InChI is InChI=1S/C54H51N/c1-54(2)51-18-9-8-16-48(51)53-50(47-17-10-14-38-13-6-7-15-46(38)47)33-45(34-52(53)54)55(43-26-24-39(25-27-43)49-30-35-19-20-41(49)29-35)44-28-23-37-21-22-40(31-42(37)32-44)36-11-4-3-5-12-36/h6-10,13-18,21-28,31-36,41,49H,3-5,11-12,19-20,29-30H2,1-2H3. The number of nitrogens with zero attached hydrogens (tertiary/aromatic N) is 1. The van der Waals surface area contributed by atoms with E-state index in [1.54, 1.807) is 0 Å². The highest BCUT2D eigenvalue weighted by Crippen LogP contribution is 2.56. The molecule has 11 rings (SSSR count). The number of anilines is 3. The lowest BCUT2D eigenvalue weighted by Crippen LogP contribution is -2.17. The topological polar surface area (TPSA) is 3.24 Å². The molecule has 0 heterocycles. The van der Waals surface area contributed by atoms with Gasteiger partial charge in [-0.25, -0.2) is 0 Å². The van der Waals surface area contributed by atoms with Crippen LogP contribution in [0.4, 0.5) is 17.1 Å². The lowest BCUT2D eigenvalue weighted by Gasteiger charge is -2.30. The Bertz CT molecular complexity index is 2580. The van der Waals surface area contributed by atoms with Crippen molar-refractivity contribution in [1.29, 1.82) is 0 Å². The summed E-state index contributed by atoms with van der Waals surface area (Å²) in [5, 5.41) is 5.24. The molecular weight excluding hydrogens is 663 g/mol. The molecule has 272 valence electrons. The molecule has 4 aliphatic carbocycles. The van der Waals surface area contributed by atoms with Crippen molar-refractivity contribution in [2.24, 2.45) is 11.8 Å². The van der Waals surface area contributed by atoms with Gasteiger partial charge in [0, 0.05) is 22.5 Å². The molecule has 4 aliphatic rings. The highest BCUT2D eigenvalue weighted by atomic mass is 15.1. The Balaban J connectivity index is 1.13. The van der Waals surface area contributed by atoms with Gasteiger partial charge in [0.15, 0.2) is 0 Å². The van der Waals surface area contributed by atoms with E-state index in [9.17, 15) is 0 Å². The van der Waals surface area contributed by atoms with Gasteiger partial charge in [-0.3, -0.25) is 0 Å². The maximum atomic E-state index is 2.56. The van der Waals surface area contributed by atoms with E-state index in [4.69, 9.17) is 0 Å². The molecule has 0 aliphatic heterocycles. The summed E-state index contributed by atoms with van der Waals surface area (Å²) >= 11 is 0. The number of hydrogen-bond donors (Lipinski definition) is 0. The summed E-state index contributed by atoms with van der Waals surface area (Å²) in [6.45, 7) is 4.84. The fourth-order valence-corrected chi connectivity index (χ4v) is 11.7. The van der Waals surface area contributed by atoms with Gasteiger partial charge in [0.2, 0.25) is 0 Å². The molecule has 55 heavy (non-hydrogen) atoms. The molecule has 3 atom stereocenters. The van der Waals surface area contributed by atoms with Crippen molar-refractivity contribution in [3.05, 3.63) is 162 Å². The zero-order valence-corrected chi connectivity index (χ0v) is 32.4. The summed E-state index contributed by atoms with van der Waals surface area (Å²) in [6, 6.07) is 54.1. The lowest BCUT2D eigenvalue weighted by molar-refractivity contribution is 0.420. The fourth-order valence-electron chi connectivity index (χ4n) is 11.7. The minimum Gasteiger partial charge on any atom is -0.310 e. The Morgan fingerprint density at radius 1 is 0.491 bits per heavy atom. The van der Waals surface area contributed by atoms with Crippen LogP contribution in [0.5, 0.6) is 0 Å². The van der Waals surface area contributed by atoms with E-state index in [0.717, 1.165) is 17.8 Å². The average molecular weight is 714 g/mol. The summed E-state index contributed by atoms with van der Waals surface area (Å²) in [5.41, 5.74) is 14.7. The van der Waals surface area contributed by atoms with E-state index in [2.05, 4.69) is 158 Å². The van der Waals surface area contributed by atoms with Gasteiger partial charge in [0.1, 0.15) is 0 Å². The summed E-state index contributed by atoms with van der Waals surface area (Å²) in [6.07, 6.45) is 12.4. The van der Waals surface area contributed by atoms with E-state index in [-0.39, 0.29) is 5.41 Å². The minimum absolute atomic E-state index is 0.142. The predicted molar refractivity (Wildman–Crippen MR) is 233 cm³/mol. The van der Waals surface area contributed by atoms with Crippen LogP contribution in [0, 0.1) is 11.8 Å². The Morgan fingerprint density at radius 3 is 2.07 bits per heavy atom. The van der Waals surface area contributed by atoms with Crippen LogP contribution in [-0.2, 0) is 5.41 Å². The number of hydrogen-bond acceptors (Lipinski definition) is 1. The van der Waals surface area contributed by atoms with Crippen molar-refractivity contribution in [2.45, 2.75) is 88.9 Å². The van der Waals surface area contributed by atoms with Gasteiger partial charge in [0.05, 0.1) is 0 Å². The van der Waals surface area contributed by atoms with Gasteiger partial charge in [-0.15, -0.1) is 0 Å². The molecule has 7 aromatic rings. The molecule has 0 N–H and O–H groups in total. The van der Waals surface area contributed by atoms with Crippen LogP contribution >= 0.6 is 0 Å². The zero-order valence-electron chi connectivity index (χ0n) is 32.4. The first-order valence-electron chi connectivity index (χ1n) is 21.2. The minimum atomic E-state index is -0.142. The molecule has 0 saturated heterocycles. The van der Waals surface area contributed by atoms with Crippen LogP contribution in [-0.4, -0.2) is 0 Å². The van der Waals surface area contributed by atoms with E-state index >= 15 is 0 Å². The smallest absolute Gasteiger partial charge is 0.0471 e. The van der Waals surface area contributed by atoms with Crippen LogP contribution in [0.25, 0.3) is 43.8 Å². The van der Waals surface area contributed by atoms with Gasteiger partial charge in [-0.05, 0) is 158 Å². The first kappa shape index (κ1) is 33.2. The van der Waals surface area contributed by atoms with Crippen LogP contribution in [0.1, 0.15) is 106 Å². The molecule has 0 spiro atoms. The molecule has 2 bridgehead atoms. The largest absolute Gasteiger partial charge is 0.310 e. The molecule has 0 radical (unpaired) electrons. The Kier molecular flexibility index (Phi) is 7.84. The SMILES string of the molecule is CC1(C)c2ccccc2-c2c(-c3cccc4ccccc34)cc(N(c3ccc(C4CC5CCC4C5)cc3)c3ccc4ccc(C5CCCCC5)cc4c3)cc21. The maximum absolute atomic E-state index is 2.56. The Hall–Kier alpha value is -5.14. The van der Waals surface area contributed by atoms with Gasteiger partial charge >= 0.3 is 0 Å². The molecule has 1 heteroatoms. The molecule has 0 aromatic heterocycles. The quantitative estimate of drug-likeness (QED) is 0.166. The van der Waals surface area contributed by atoms with E-state index < -0.39 is 0 Å². The monoisotopic (exact) mass is 713 g/mol. The summed E-state index contributed by atoms with van der Waals surface area (Å²) in [7, 11) is 0. The third-order valence-corrected chi connectivity index (χ3v) is 14.5. The summed E-state index contributed by atoms with van der Waals surface area (Å²) < 4.78 is 0. The highest BCUT2D eigenvalue weighted by molar-refractivity contribution is 6.04. The van der Waals surface area contributed by atoms with Crippen molar-refractivity contribution >= 4 is 38.6 Å². The molecule has 1 nitrogen and oxygen atoms in total. The fraction of sp³-hybridized carbons (Fsp3) is 0.296. The van der Waals surface area contributed by atoms with Crippen molar-refractivity contribution in [1.82, 2.24) is 0 Å². The van der Waals surface area contributed by atoms with Crippen LogP contribution in [0.15, 0.2) is 140 Å². The van der Waals surface area contributed by atoms with Crippen molar-refractivity contribution < 1.29 is 0 Å². The molecule has 7 aromatic carbocycles. The third kappa shape index (κ3) is 5.48. The zero-order chi connectivity index (χ0) is 36.7. The molecule has 0 amide bonds. The van der Waals surface area contributed by atoms with E-state index in [1.807, 2.05) is 0 Å². The second-order valence-electron chi connectivity index (χ2n) is 17.9. The van der Waals surface area contributed by atoms with Gasteiger partial charge < -0.3 is 4.90 Å². The van der Waals surface area contributed by atoms with Gasteiger partial charge in [-0.2, -0.15) is 0 Å². The van der Waals surface area contributed by atoms with Crippen LogP contribution < -0.4 is 4.90 Å². The first-order valence-corrected chi connectivity index (χ1v) is 21.2. The molecular formula is C54H51N.